The zero-order valence-electron chi connectivity index (χ0n) is 7.55. The number of nitrogens with zero attached hydrogens (tertiary/aromatic N) is 1. The molecule has 1 aromatic carbocycles. The normalized spacial score (nSPS) is 8.38. The highest BCUT2D eigenvalue weighted by molar-refractivity contribution is 6.33. The van der Waals surface area contributed by atoms with Crippen molar-refractivity contribution in [3.05, 3.63) is 30.3 Å². The van der Waals surface area contributed by atoms with Gasteiger partial charge in [0.25, 0.3) is 0 Å². The van der Waals surface area contributed by atoms with Gasteiger partial charge in [-0.1, -0.05) is 18.2 Å². The monoisotopic (exact) mass is 189 g/mol. The summed E-state index contributed by atoms with van der Waals surface area (Å²) in [4.78, 5) is 2.08. The lowest BCUT2D eigenvalue weighted by Gasteiger charge is -2.10. The Labute approximate surface area is 76.4 Å². The fourth-order valence-corrected chi connectivity index (χ4v) is 0.726. The summed E-state index contributed by atoms with van der Waals surface area (Å²) < 4.78 is 29.0. The molecule has 0 fully saturated rings. The summed E-state index contributed by atoms with van der Waals surface area (Å²) in [7, 11) is 0.407. The van der Waals surface area contributed by atoms with Gasteiger partial charge in [-0.2, -0.15) is 0 Å². The van der Waals surface area contributed by atoms with Gasteiger partial charge in [-0.05, 0) is 12.1 Å². The lowest BCUT2D eigenvalue weighted by Crippen LogP contribution is -2.07. The molecule has 1 rings (SSSR count). The lowest BCUT2D eigenvalue weighted by molar-refractivity contribution is 0.535. The van der Waals surface area contributed by atoms with Crippen LogP contribution in [0.25, 0.3) is 0 Å². The molecule has 13 heavy (non-hydrogen) atoms. The van der Waals surface area contributed by atoms with Gasteiger partial charge in [0.1, 0.15) is 0 Å². The van der Waals surface area contributed by atoms with Crippen LogP contribution in [0.5, 0.6) is 0 Å². The van der Waals surface area contributed by atoms with Crippen molar-refractivity contribution in [3.63, 3.8) is 0 Å². The van der Waals surface area contributed by atoms with Crippen LogP contribution in [0.15, 0.2) is 30.3 Å². The molecule has 1 nitrogen and oxygen atoms in total. The summed E-state index contributed by atoms with van der Waals surface area (Å²) in [5.74, 6) is 0. The molecule has 0 radical (unpaired) electrons. The van der Waals surface area contributed by atoms with Crippen molar-refractivity contribution in [2.75, 3.05) is 19.0 Å². The molecule has 0 amide bonds. The molecule has 0 spiro atoms. The van der Waals surface area contributed by atoms with Crippen LogP contribution in [0.2, 0.25) is 0 Å². The predicted molar refractivity (Wildman–Crippen MR) is 49.8 cm³/mol. The number of hydrogen-bond acceptors (Lipinski definition) is 1. The topological polar surface area (TPSA) is 3.24 Å². The second-order valence-electron chi connectivity index (χ2n) is 2.48. The number of rotatable bonds is 1. The third kappa shape index (κ3) is 7.24. The number of halogens is 3. The minimum atomic E-state index is -3.67. The molecule has 0 N–H and O–H groups in total. The van der Waals surface area contributed by atoms with Crippen LogP contribution >= 0.6 is 0 Å². The van der Waals surface area contributed by atoms with E-state index in [-0.39, 0.29) is 0 Å². The molecule has 1 aromatic rings. The molecule has 0 aliphatic carbocycles. The third-order valence-corrected chi connectivity index (χ3v) is 1.27. The van der Waals surface area contributed by atoms with E-state index in [1.165, 1.54) is 5.69 Å². The maximum Gasteiger partial charge on any atom is 0.762 e. The van der Waals surface area contributed by atoms with Crippen molar-refractivity contribution in [2.24, 2.45) is 0 Å². The predicted octanol–water partition coefficient (Wildman–Crippen LogP) is 2.63. The van der Waals surface area contributed by atoms with Crippen LogP contribution in [0.1, 0.15) is 0 Å². The smallest absolute Gasteiger partial charge is 0.378 e. The maximum absolute atomic E-state index is 9.67. The Morgan fingerprint density at radius 3 is 1.62 bits per heavy atom. The van der Waals surface area contributed by atoms with Gasteiger partial charge in [-0.25, -0.2) is 0 Å². The first-order valence-electron chi connectivity index (χ1n) is 3.68. The molecule has 5 heteroatoms. The Bertz CT molecular complexity index is 213. The van der Waals surface area contributed by atoms with Crippen LogP contribution in [0, 0.1) is 0 Å². The van der Waals surface area contributed by atoms with Crippen LogP contribution in [-0.2, 0) is 0 Å². The molecule has 0 aliphatic heterocycles. The summed E-state index contributed by atoms with van der Waals surface area (Å²) in [5.41, 5.74) is 1.25. The van der Waals surface area contributed by atoms with Crippen LogP contribution in [0.3, 0.4) is 0 Å². The summed E-state index contributed by atoms with van der Waals surface area (Å²) >= 11 is 0. The first kappa shape index (κ1) is 11.9. The zero-order valence-corrected chi connectivity index (χ0v) is 7.55. The minimum absolute atomic E-state index is 1.25. The van der Waals surface area contributed by atoms with Gasteiger partial charge in [0.2, 0.25) is 0 Å². The number of para-hydroxylation sites is 1. The van der Waals surface area contributed by atoms with E-state index in [0.717, 1.165) is 0 Å². The fraction of sp³-hybridized carbons (Fsp3) is 0.250. The van der Waals surface area contributed by atoms with E-state index < -0.39 is 7.54 Å². The first-order valence-corrected chi connectivity index (χ1v) is 3.68. The van der Waals surface area contributed by atoms with E-state index in [9.17, 15) is 12.9 Å². The van der Waals surface area contributed by atoms with Crippen LogP contribution in [0.4, 0.5) is 18.6 Å². The summed E-state index contributed by atoms with van der Waals surface area (Å²) in [6.45, 7) is 0. The molecule has 0 heterocycles. The summed E-state index contributed by atoms with van der Waals surface area (Å²) in [6, 6.07) is 10.3. The molecule has 0 bridgehead atoms. The third-order valence-electron chi connectivity index (χ3n) is 1.27. The van der Waals surface area contributed by atoms with Gasteiger partial charge in [0.05, 0.1) is 0 Å². The molecule has 0 aliphatic rings. The SMILES string of the molecule is CN(C)c1ccccc1.FB(F)F. The molecule has 0 unspecified atom stereocenters. The molecule has 0 saturated heterocycles. The number of anilines is 1. The van der Waals surface area contributed by atoms with Gasteiger partial charge in [-0.3, -0.25) is 12.9 Å². The van der Waals surface area contributed by atoms with Crippen LogP contribution in [-0.4, -0.2) is 21.6 Å². The molecule has 72 valence electrons. The van der Waals surface area contributed by atoms with E-state index in [0.29, 0.717) is 0 Å². The second kappa shape index (κ2) is 6.40. The number of hydrogen-bond donors (Lipinski definition) is 0. The van der Waals surface area contributed by atoms with Crippen molar-refractivity contribution in [3.8, 4) is 0 Å². The highest BCUT2D eigenvalue weighted by atomic mass is 19.4. The average molecular weight is 189 g/mol. The Hall–Kier alpha value is -1.13. The van der Waals surface area contributed by atoms with Gasteiger partial charge in [0.15, 0.2) is 0 Å². The summed E-state index contributed by atoms with van der Waals surface area (Å²) in [5, 5.41) is 0. The van der Waals surface area contributed by atoms with Crippen molar-refractivity contribution in [1.29, 1.82) is 0 Å². The van der Waals surface area contributed by atoms with E-state index in [2.05, 4.69) is 17.0 Å². The first-order chi connectivity index (χ1) is 6.04. The molecular weight excluding hydrogens is 178 g/mol. The van der Waals surface area contributed by atoms with Gasteiger partial charge in [-0.15, -0.1) is 0 Å². The zero-order chi connectivity index (χ0) is 10.3. The van der Waals surface area contributed by atoms with Crippen LogP contribution < -0.4 is 4.90 Å². The van der Waals surface area contributed by atoms with Gasteiger partial charge < -0.3 is 4.90 Å². The minimum Gasteiger partial charge on any atom is -0.378 e. The molecule has 0 aromatic heterocycles. The quantitative estimate of drug-likeness (QED) is 0.613. The Morgan fingerprint density at radius 1 is 1.00 bits per heavy atom. The Kier molecular flexibility index (Phi) is 5.84. The van der Waals surface area contributed by atoms with E-state index in [4.69, 9.17) is 0 Å². The maximum atomic E-state index is 9.67. The largest absolute Gasteiger partial charge is 0.762 e. The van der Waals surface area contributed by atoms with Crippen molar-refractivity contribution < 1.29 is 12.9 Å². The van der Waals surface area contributed by atoms with Crippen molar-refractivity contribution >= 4 is 13.2 Å². The highest BCUT2D eigenvalue weighted by Gasteiger charge is 2.06. The molecular formula is C8H11BF3N. The van der Waals surface area contributed by atoms with Gasteiger partial charge >= 0.3 is 7.54 Å². The number of benzene rings is 1. The second-order valence-corrected chi connectivity index (χ2v) is 2.48. The lowest BCUT2D eigenvalue weighted by atomic mass is 10.3. The Morgan fingerprint density at radius 2 is 1.38 bits per heavy atom. The fourth-order valence-electron chi connectivity index (χ4n) is 0.726. The average Bonchev–Trinajstić information content (AvgIpc) is 2.05. The molecule has 0 saturated carbocycles. The standard InChI is InChI=1S/C8H11N.BF3/c1-9(2)8-6-4-3-5-7-8;2-1(3)4/h3-7H,1-2H3;. The van der Waals surface area contributed by atoms with Gasteiger partial charge in [0, 0.05) is 19.8 Å². The van der Waals surface area contributed by atoms with E-state index in [1.54, 1.807) is 0 Å². The Balaban J connectivity index is 0.000000310. The van der Waals surface area contributed by atoms with Crippen molar-refractivity contribution in [1.82, 2.24) is 0 Å². The summed E-state index contributed by atoms with van der Waals surface area (Å²) in [6.07, 6.45) is 0. The van der Waals surface area contributed by atoms with E-state index in [1.807, 2.05) is 32.3 Å². The highest BCUT2D eigenvalue weighted by Crippen LogP contribution is 2.07. The molecule has 0 atom stereocenters. The van der Waals surface area contributed by atoms with Crippen molar-refractivity contribution in [2.45, 2.75) is 0 Å². The van der Waals surface area contributed by atoms with E-state index >= 15 is 0 Å².